The standard InChI is InChI=1S/C31H38F3N5O5/c1-20(2)18-44-29-16-25(7-10-28(29)39(41)42)37-23-11-13-38(14-12-23)30(40)19-43-26-8-5-22(6-9-26)36-24-4-3-21(17-35)27(15-24)31(32,33)34/h3-4,7,10,15-16,20,22-23,26,36-37H,5-6,8-9,11-14,18-19H2,1-2H3. The van der Waals surface area contributed by atoms with Gasteiger partial charge in [-0.3, -0.25) is 14.9 Å². The number of hydrogen-bond donors (Lipinski definition) is 2. The summed E-state index contributed by atoms with van der Waals surface area (Å²) < 4.78 is 51.4. The van der Waals surface area contributed by atoms with Gasteiger partial charge < -0.3 is 25.0 Å². The summed E-state index contributed by atoms with van der Waals surface area (Å²) in [4.78, 5) is 25.5. The van der Waals surface area contributed by atoms with Gasteiger partial charge in [0.15, 0.2) is 5.75 Å². The Kier molecular flexibility index (Phi) is 10.9. The number of benzene rings is 2. The smallest absolute Gasteiger partial charge is 0.417 e. The topological polar surface area (TPSA) is 130 Å². The number of nitro groups is 1. The summed E-state index contributed by atoms with van der Waals surface area (Å²) in [5.74, 6) is 0.372. The quantitative estimate of drug-likeness (QED) is 0.220. The number of carbonyl (C=O) groups is 1. The highest BCUT2D eigenvalue weighted by molar-refractivity contribution is 5.77. The number of likely N-dealkylation sites (tertiary alicyclic amines) is 1. The summed E-state index contributed by atoms with van der Waals surface area (Å²) >= 11 is 0. The van der Waals surface area contributed by atoms with Gasteiger partial charge in [-0.15, -0.1) is 0 Å². The van der Waals surface area contributed by atoms with Crippen LogP contribution in [0.25, 0.3) is 0 Å². The molecule has 0 radical (unpaired) electrons. The lowest BCUT2D eigenvalue weighted by molar-refractivity contribution is -0.385. The Labute approximate surface area is 254 Å². The van der Waals surface area contributed by atoms with Crippen LogP contribution < -0.4 is 15.4 Å². The average Bonchev–Trinajstić information content (AvgIpc) is 2.99. The van der Waals surface area contributed by atoms with Crippen LogP contribution in [0.3, 0.4) is 0 Å². The van der Waals surface area contributed by atoms with Gasteiger partial charge in [0.2, 0.25) is 5.91 Å². The van der Waals surface area contributed by atoms with Gasteiger partial charge in [-0.2, -0.15) is 18.4 Å². The van der Waals surface area contributed by atoms with E-state index in [4.69, 9.17) is 14.7 Å². The number of rotatable bonds is 11. The summed E-state index contributed by atoms with van der Waals surface area (Å²) in [6, 6.07) is 10.1. The molecule has 10 nitrogen and oxygen atoms in total. The zero-order valence-corrected chi connectivity index (χ0v) is 24.9. The second kappa shape index (κ2) is 14.6. The maximum absolute atomic E-state index is 13.3. The van der Waals surface area contributed by atoms with Crippen molar-refractivity contribution in [3.63, 3.8) is 0 Å². The molecular formula is C31H38F3N5O5. The molecule has 2 fully saturated rings. The molecule has 0 atom stereocenters. The molecule has 1 heterocycles. The van der Waals surface area contributed by atoms with Crippen LogP contribution in [0.15, 0.2) is 36.4 Å². The molecule has 0 spiro atoms. The fourth-order valence-corrected chi connectivity index (χ4v) is 5.49. The molecule has 0 unspecified atom stereocenters. The fourth-order valence-electron chi connectivity index (χ4n) is 5.49. The second-order valence-corrected chi connectivity index (χ2v) is 11.7. The molecule has 2 aliphatic rings. The highest BCUT2D eigenvalue weighted by Crippen LogP contribution is 2.35. The molecule has 1 saturated heterocycles. The summed E-state index contributed by atoms with van der Waals surface area (Å²) in [7, 11) is 0. The zero-order chi connectivity index (χ0) is 31.9. The van der Waals surface area contributed by atoms with Crippen molar-refractivity contribution >= 4 is 23.0 Å². The van der Waals surface area contributed by atoms with E-state index in [1.165, 1.54) is 18.2 Å². The van der Waals surface area contributed by atoms with E-state index in [2.05, 4.69) is 10.6 Å². The summed E-state index contributed by atoms with van der Waals surface area (Å²) in [5, 5.41) is 26.9. The Balaban J connectivity index is 1.18. The lowest BCUT2D eigenvalue weighted by atomic mass is 9.92. The molecule has 13 heteroatoms. The Morgan fingerprint density at radius 1 is 1.05 bits per heavy atom. The van der Waals surface area contributed by atoms with E-state index >= 15 is 0 Å². The lowest BCUT2D eigenvalue weighted by Crippen LogP contribution is -2.44. The number of nitrogens with one attached hydrogen (secondary N) is 2. The van der Waals surface area contributed by atoms with Gasteiger partial charge in [0.1, 0.15) is 6.61 Å². The van der Waals surface area contributed by atoms with Gasteiger partial charge in [-0.25, -0.2) is 0 Å². The molecule has 2 N–H and O–H groups in total. The Morgan fingerprint density at radius 2 is 1.66 bits per heavy atom. The SMILES string of the molecule is CC(C)COc1cc(NC2CCN(C(=O)COC3CCC(Nc4ccc(C#N)c(C(F)(F)F)c4)CC3)CC2)ccc1[N+](=O)[O-]. The number of piperidine rings is 1. The van der Waals surface area contributed by atoms with Crippen molar-refractivity contribution in [2.75, 3.05) is 36.9 Å². The third-order valence-corrected chi connectivity index (χ3v) is 7.88. The number of nitrogens with zero attached hydrogens (tertiary/aromatic N) is 3. The first kappa shape index (κ1) is 32.9. The molecule has 4 rings (SSSR count). The molecule has 0 bridgehead atoms. The van der Waals surface area contributed by atoms with Gasteiger partial charge >= 0.3 is 11.9 Å². The van der Waals surface area contributed by atoms with Crippen molar-refractivity contribution < 1.29 is 32.4 Å². The molecule has 1 aliphatic carbocycles. The van der Waals surface area contributed by atoms with Crippen LogP contribution in [0, 0.1) is 27.4 Å². The van der Waals surface area contributed by atoms with Gasteiger partial charge in [0, 0.05) is 48.7 Å². The van der Waals surface area contributed by atoms with Crippen molar-refractivity contribution in [1.82, 2.24) is 4.90 Å². The van der Waals surface area contributed by atoms with Crippen LogP contribution >= 0.6 is 0 Å². The molecule has 44 heavy (non-hydrogen) atoms. The molecule has 0 aromatic heterocycles. The largest absolute Gasteiger partial charge is 0.486 e. The number of anilines is 2. The number of carbonyl (C=O) groups excluding carboxylic acids is 1. The van der Waals surface area contributed by atoms with Gasteiger partial charge in [-0.05, 0) is 68.7 Å². The van der Waals surface area contributed by atoms with Gasteiger partial charge in [0.05, 0.1) is 34.8 Å². The van der Waals surface area contributed by atoms with Crippen molar-refractivity contribution in [2.45, 2.75) is 76.7 Å². The van der Waals surface area contributed by atoms with E-state index in [0.29, 0.717) is 63.9 Å². The van der Waals surface area contributed by atoms with E-state index < -0.39 is 22.2 Å². The monoisotopic (exact) mass is 617 g/mol. The first-order valence-electron chi connectivity index (χ1n) is 14.9. The molecular weight excluding hydrogens is 579 g/mol. The third kappa shape index (κ3) is 8.98. The van der Waals surface area contributed by atoms with Crippen LogP contribution in [0.5, 0.6) is 5.75 Å². The number of hydrogen-bond acceptors (Lipinski definition) is 8. The normalized spacial score (nSPS) is 19.3. The lowest BCUT2D eigenvalue weighted by Gasteiger charge is -2.34. The molecule has 1 amide bonds. The van der Waals surface area contributed by atoms with Crippen LogP contribution in [-0.4, -0.2) is 60.2 Å². The van der Waals surface area contributed by atoms with Crippen LogP contribution in [0.1, 0.15) is 63.5 Å². The number of amides is 1. The number of nitro benzene ring substituents is 1. The van der Waals surface area contributed by atoms with E-state index in [-0.39, 0.29) is 48.1 Å². The minimum absolute atomic E-state index is 0.0235. The van der Waals surface area contributed by atoms with Crippen LogP contribution in [0.2, 0.25) is 0 Å². The maximum atomic E-state index is 13.3. The molecule has 238 valence electrons. The molecule has 2 aromatic rings. The predicted molar refractivity (Wildman–Crippen MR) is 158 cm³/mol. The number of ether oxygens (including phenoxy) is 2. The summed E-state index contributed by atoms with van der Waals surface area (Å²) in [5.41, 5.74) is -0.384. The van der Waals surface area contributed by atoms with Gasteiger partial charge in [0.25, 0.3) is 0 Å². The van der Waals surface area contributed by atoms with Crippen molar-refractivity contribution in [1.29, 1.82) is 5.26 Å². The second-order valence-electron chi connectivity index (χ2n) is 11.7. The maximum Gasteiger partial charge on any atom is 0.417 e. The Bertz CT molecular complexity index is 1350. The fraction of sp³-hybridized carbons (Fsp3) is 0.548. The van der Waals surface area contributed by atoms with E-state index in [0.717, 1.165) is 11.8 Å². The van der Waals surface area contributed by atoms with Crippen LogP contribution in [0.4, 0.5) is 30.2 Å². The highest BCUT2D eigenvalue weighted by atomic mass is 19.4. The summed E-state index contributed by atoms with van der Waals surface area (Å²) in [6.07, 6.45) is -0.549. The first-order valence-corrected chi connectivity index (χ1v) is 14.9. The van der Waals surface area contributed by atoms with E-state index in [9.17, 15) is 28.1 Å². The van der Waals surface area contributed by atoms with Crippen molar-refractivity contribution in [2.24, 2.45) is 5.92 Å². The highest BCUT2D eigenvalue weighted by Gasteiger charge is 2.34. The summed E-state index contributed by atoms with van der Waals surface area (Å²) in [6.45, 7) is 5.41. The van der Waals surface area contributed by atoms with Gasteiger partial charge in [-0.1, -0.05) is 13.8 Å². The zero-order valence-electron chi connectivity index (χ0n) is 24.9. The number of halogens is 3. The predicted octanol–water partition coefficient (Wildman–Crippen LogP) is 6.36. The average molecular weight is 618 g/mol. The van der Waals surface area contributed by atoms with E-state index in [1.54, 1.807) is 23.1 Å². The van der Waals surface area contributed by atoms with Crippen LogP contribution in [-0.2, 0) is 15.7 Å². The number of nitriles is 1. The third-order valence-electron chi connectivity index (χ3n) is 7.88. The van der Waals surface area contributed by atoms with E-state index in [1.807, 2.05) is 13.8 Å². The Morgan fingerprint density at radius 3 is 2.25 bits per heavy atom. The number of alkyl halides is 3. The minimum atomic E-state index is -4.61. The first-order chi connectivity index (χ1) is 20.9. The minimum Gasteiger partial charge on any atom is -0.486 e. The molecule has 1 saturated carbocycles. The molecule has 2 aromatic carbocycles. The molecule has 1 aliphatic heterocycles. The Hall–Kier alpha value is -4.05. The van der Waals surface area contributed by atoms with Crippen molar-refractivity contribution in [3.8, 4) is 11.8 Å². The van der Waals surface area contributed by atoms with Crippen molar-refractivity contribution in [3.05, 3.63) is 57.6 Å².